The molecule has 43 heavy (non-hydrogen) atoms. The molecule has 0 heterocycles. The molecule has 0 saturated heterocycles. The fraction of sp³-hybridized carbons (Fsp3) is 0.667. The molecule has 1 rings (SSSR count). The van der Waals surface area contributed by atoms with E-state index in [0.717, 1.165) is 5.56 Å². The standard InChI is InChI=1S/C24H38N4O9.3C2H6/c1-25-18(7-8-21(33)26-12-20(32)23(35)19(31)9-10-29)24(36)27-13-22(34)28-17(14-37-15-30)11-16-5-3-2-4-6-16;3*1-2/h2-6,15,17-20,23,25,29,31-32,35H,7-14H2,1H3,(H,26,33)(H,27,36)(H,28,34);3*1-2H3/t17?,18-,19?,20?,23?;;;/m0.../s1. The van der Waals surface area contributed by atoms with Crippen molar-refractivity contribution in [1.82, 2.24) is 21.3 Å². The topological polar surface area (TPSA) is 207 Å². The number of amides is 3. The molecule has 250 valence electrons. The van der Waals surface area contributed by atoms with Crippen molar-refractivity contribution in [3.05, 3.63) is 35.9 Å². The van der Waals surface area contributed by atoms with E-state index in [1.54, 1.807) is 0 Å². The largest absolute Gasteiger partial charge is 0.466 e. The summed E-state index contributed by atoms with van der Waals surface area (Å²) in [4.78, 5) is 47.4. The van der Waals surface area contributed by atoms with Crippen LogP contribution in [0.3, 0.4) is 0 Å². The van der Waals surface area contributed by atoms with Gasteiger partial charge in [-0.1, -0.05) is 71.9 Å². The fourth-order valence-corrected chi connectivity index (χ4v) is 3.44. The van der Waals surface area contributed by atoms with Crippen molar-refractivity contribution in [3.63, 3.8) is 0 Å². The third kappa shape index (κ3) is 22.2. The predicted molar refractivity (Wildman–Crippen MR) is 166 cm³/mol. The van der Waals surface area contributed by atoms with Crippen LogP contribution in [0.4, 0.5) is 0 Å². The molecular formula is C30H56N4O9. The quantitative estimate of drug-likeness (QED) is 0.0979. The SMILES string of the molecule is CC.CC.CC.CN[C@@H](CCC(=O)NCC(O)C(O)C(O)CCO)C(=O)NCC(=O)NC(COC=O)Cc1ccccc1. The highest BCUT2D eigenvalue weighted by atomic mass is 16.5. The first kappa shape index (κ1) is 44.3. The van der Waals surface area contributed by atoms with Gasteiger partial charge in [0, 0.05) is 19.6 Å². The van der Waals surface area contributed by atoms with Crippen molar-refractivity contribution in [3.8, 4) is 0 Å². The van der Waals surface area contributed by atoms with E-state index in [2.05, 4.69) is 21.3 Å². The monoisotopic (exact) mass is 616 g/mol. The van der Waals surface area contributed by atoms with Crippen LogP contribution < -0.4 is 21.3 Å². The van der Waals surface area contributed by atoms with E-state index >= 15 is 0 Å². The van der Waals surface area contributed by atoms with Crippen LogP contribution in [0, 0.1) is 0 Å². The van der Waals surface area contributed by atoms with Gasteiger partial charge in [-0.25, -0.2) is 0 Å². The maximum atomic E-state index is 12.5. The minimum absolute atomic E-state index is 0.0293. The van der Waals surface area contributed by atoms with Gasteiger partial charge in [0.25, 0.3) is 6.47 Å². The van der Waals surface area contributed by atoms with Gasteiger partial charge < -0.3 is 46.4 Å². The van der Waals surface area contributed by atoms with E-state index in [1.165, 1.54) is 7.05 Å². The number of aliphatic hydroxyl groups excluding tert-OH is 4. The molecule has 0 fully saturated rings. The Balaban J connectivity index is -0.00000250. The van der Waals surface area contributed by atoms with Crippen molar-refractivity contribution in [2.75, 3.05) is 33.4 Å². The molecule has 0 radical (unpaired) electrons. The summed E-state index contributed by atoms with van der Waals surface area (Å²) in [6.07, 6.45) is -4.00. The first-order valence-corrected chi connectivity index (χ1v) is 15.0. The average Bonchev–Trinajstić information content (AvgIpc) is 3.04. The molecule has 5 atom stereocenters. The second kappa shape index (κ2) is 30.4. The van der Waals surface area contributed by atoms with Gasteiger partial charge in [-0.05, 0) is 31.9 Å². The Labute approximate surface area is 256 Å². The van der Waals surface area contributed by atoms with Crippen LogP contribution in [0.5, 0.6) is 0 Å². The lowest BCUT2D eigenvalue weighted by atomic mass is 10.1. The Hall–Kier alpha value is -3.10. The molecule has 8 N–H and O–H groups in total. The number of likely N-dealkylation sites (N-methyl/N-ethyl adjacent to an activating group) is 1. The second-order valence-electron chi connectivity index (χ2n) is 8.42. The third-order valence-electron chi connectivity index (χ3n) is 5.53. The van der Waals surface area contributed by atoms with Gasteiger partial charge in [-0.15, -0.1) is 0 Å². The highest BCUT2D eigenvalue weighted by molar-refractivity contribution is 5.88. The molecule has 0 aliphatic carbocycles. The molecule has 0 aliphatic rings. The Morgan fingerprint density at radius 3 is 2.02 bits per heavy atom. The van der Waals surface area contributed by atoms with Crippen LogP contribution in [-0.2, 0) is 30.3 Å². The molecule has 0 spiro atoms. The molecule has 13 nitrogen and oxygen atoms in total. The number of hydrogen-bond donors (Lipinski definition) is 8. The van der Waals surface area contributed by atoms with Gasteiger partial charge >= 0.3 is 0 Å². The summed E-state index contributed by atoms with van der Waals surface area (Å²) < 4.78 is 4.79. The van der Waals surface area contributed by atoms with Crippen molar-refractivity contribution < 1.29 is 44.3 Å². The van der Waals surface area contributed by atoms with E-state index in [0.29, 0.717) is 12.9 Å². The number of aliphatic hydroxyl groups is 4. The fourth-order valence-electron chi connectivity index (χ4n) is 3.44. The van der Waals surface area contributed by atoms with E-state index < -0.39 is 48.1 Å². The van der Waals surface area contributed by atoms with Gasteiger partial charge in [0.05, 0.1) is 30.8 Å². The van der Waals surface area contributed by atoms with E-state index in [4.69, 9.17) is 9.84 Å². The highest BCUT2D eigenvalue weighted by Gasteiger charge is 2.25. The number of carbonyl (C=O) groups is 4. The van der Waals surface area contributed by atoms with Gasteiger partial charge in [0.15, 0.2) is 0 Å². The maximum Gasteiger partial charge on any atom is 0.293 e. The minimum Gasteiger partial charge on any atom is -0.466 e. The van der Waals surface area contributed by atoms with Crippen LogP contribution in [0.1, 0.15) is 66.4 Å². The smallest absolute Gasteiger partial charge is 0.293 e. The Morgan fingerprint density at radius 2 is 1.49 bits per heavy atom. The van der Waals surface area contributed by atoms with Crippen LogP contribution in [0.25, 0.3) is 0 Å². The number of carbonyl (C=O) groups excluding carboxylic acids is 4. The molecule has 0 saturated carbocycles. The van der Waals surface area contributed by atoms with Crippen LogP contribution >= 0.6 is 0 Å². The van der Waals surface area contributed by atoms with Crippen LogP contribution in [0.2, 0.25) is 0 Å². The highest BCUT2D eigenvalue weighted by Crippen LogP contribution is 2.05. The van der Waals surface area contributed by atoms with Crippen molar-refractivity contribution in [1.29, 1.82) is 0 Å². The maximum absolute atomic E-state index is 12.5. The Bertz CT molecular complexity index is 831. The Morgan fingerprint density at radius 1 is 0.884 bits per heavy atom. The predicted octanol–water partition coefficient (Wildman–Crippen LogP) is 0.0312. The zero-order valence-electron chi connectivity index (χ0n) is 26.8. The van der Waals surface area contributed by atoms with Gasteiger partial charge in [0.2, 0.25) is 17.7 Å². The van der Waals surface area contributed by atoms with Crippen molar-refractivity contribution >= 4 is 24.2 Å². The summed E-state index contributed by atoms with van der Waals surface area (Å²) in [5.41, 5.74) is 0.934. The number of benzene rings is 1. The molecule has 1 aromatic carbocycles. The van der Waals surface area contributed by atoms with Gasteiger partial charge in [-0.2, -0.15) is 0 Å². The molecule has 3 amide bonds. The summed E-state index contributed by atoms with van der Waals surface area (Å²) in [6, 6.07) is 8.04. The molecule has 13 heteroatoms. The number of nitrogens with one attached hydrogen (secondary N) is 4. The minimum atomic E-state index is -1.54. The second-order valence-corrected chi connectivity index (χ2v) is 8.42. The number of hydrogen-bond acceptors (Lipinski definition) is 10. The van der Waals surface area contributed by atoms with Gasteiger partial charge in [0.1, 0.15) is 12.7 Å². The zero-order valence-corrected chi connectivity index (χ0v) is 26.8. The third-order valence-corrected chi connectivity index (χ3v) is 5.53. The normalized spacial score (nSPS) is 13.3. The first-order valence-electron chi connectivity index (χ1n) is 15.0. The van der Waals surface area contributed by atoms with Gasteiger partial charge in [-0.3, -0.25) is 19.2 Å². The number of rotatable bonds is 19. The molecule has 4 unspecified atom stereocenters. The van der Waals surface area contributed by atoms with Crippen LogP contribution in [-0.4, -0.2) is 108 Å². The molecule has 1 aromatic rings. The van der Waals surface area contributed by atoms with Crippen molar-refractivity contribution in [2.24, 2.45) is 0 Å². The molecule has 0 bridgehead atoms. The summed E-state index contributed by atoms with van der Waals surface area (Å²) >= 11 is 0. The molecular weight excluding hydrogens is 560 g/mol. The summed E-state index contributed by atoms with van der Waals surface area (Å²) in [5.74, 6) is -1.48. The van der Waals surface area contributed by atoms with E-state index in [1.807, 2.05) is 71.9 Å². The first-order chi connectivity index (χ1) is 20.7. The summed E-state index contributed by atoms with van der Waals surface area (Å²) in [7, 11) is 1.53. The summed E-state index contributed by atoms with van der Waals surface area (Å²) in [5, 5.41) is 48.3. The molecule has 0 aromatic heterocycles. The van der Waals surface area contributed by atoms with E-state index in [9.17, 15) is 34.5 Å². The molecule has 0 aliphatic heterocycles. The van der Waals surface area contributed by atoms with E-state index in [-0.39, 0.29) is 45.6 Å². The lowest BCUT2D eigenvalue weighted by Gasteiger charge is -2.23. The lowest BCUT2D eigenvalue weighted by Crippen LogP contribution is -2.49. The number of ether oxygens (including phenoxy) is 1. The van der Waals surface area contributed by atoms with Crippen LogP contribution in [0.15, 0.2) is 30.3 Å². The average molecular weight is 617 g/mol. The Kier molecular flexibility index (Phi) is 31.3. The summed E-state index contributed by atoms with van der Waals surface area (Å²) in [6.45, 7) is 11.3. The lowest BCUT2D eigenvalue weighted by molar-refractivity contribution is -0.131. The zero-order chi connectivity index (χ0) is 33.6. The van der Waals surface area contributed by atoms with Crippen molar-refractivity contribution in [2.45, 2.75) is 97.6 Å².